The van der Waals surface area contributed by atoms with Crippen LogP contribution in [0.3, 0.4) is 0 Å². The Morgan fingerprint density at radius 1 is 1.19 bits per heavy atom. The zero-order valence-electron chi connectivity index (χ0n) is 10.7. The number of nitrogens with one attached hydrogen (secondary N) is 1. The van der Waals surface area contributed by atoms with E-state index in [4.69, 9.17) is 0 Å². The second-order valence-electron chi connectivity index (χ2n) is 5.50. The summed E-state index contributed by atoms with van der Waals surface area (Å²) < 4.78 is 0. The second-order valence-corrected chi connectivity index (χ2v) is 5.50. The van der Waals surface area contributed by atoms with Gasteiger partial charge in [0.05, 0.1) is 0 Å². The maximum absolute atomic E-state index is 3.55. The van der Waals surface area contributed by atoms with E-state index in [9.17, 15) is 0 Å². The van der Waals surface area contributed by atoms with Crippen molar-refractivity contribution in [3.63, 3.8) is 0 Å². The average Bonchev–Trinajstić information content (AvgIpc) is 2.96. The van der Waals surface area contributed by atoms with Gasteiger partial charge < -0.3 is 15.1 Å². The largest absolute Gasteiger partial charge is 0.315 e. The Morgan fingerprint density at radius 3 is 2.62 bits per heavy atom. The van der Waals surface area contributed by atoms with Gasteiger partial charge in [-0.05, 0) is 58.3 Å². The van der Waals surface area contributed by atoms with E-state index in [0.717, 1.165) is 12.5 Å². The van der Waals surface area contributed by atoms with Crippen LogP contribution in [0.4, 0.5) is 0 Å². The first-order valence-corrected chi connectivity index (χ1v) is 6.96. The first kappa shape index (κ1) is 12.3. The molecule has 1 aliphatic carbocycles. The third kappa shape index (κ3) is 4.81. The summed E-state index contributed by atoms with van der Waals surface area (Å²) in [6.45, 7) is 8.75. The van der Waals surface area contributed by atoms with Crippen molar-refractivity contribution >= 4 is 0 Å². The summed E-state index contributed by atoms with van der Waals surface area (Å²) in [6.07, 6.45) is 5.73. The van der Waals surface area contributed by atoms with Crippen molar-refractivity contribution in [1.82, 2.24) is 15.1 Å². The van der Waals surface area contributed by atoms with Crippen LogP contribution in [-0.2, 0) is 0 Å². The predicted octanol–water partition coefficient (Wildman–Crippen LogP) is 1.01. The van der Waals surface area contributed by atoms with Crippen LogP contribution < -0.4 is 5.32 Å². The average molecular weight is 225 g/mol. The molecule has 1 aliphatic heterocycles. The van der Waals surface area contributed by atoms with Gasteiger partial charge in [-0.2, -0.15) is 0 Å². The van der Waals surface area contributed by atoms with Crippen molar-refractivity contribution in [2.24, 2.45) is 5.92 Å². The minimum absolute atomic E-state index is 1.01. The van der Waals surface area contributed by atoms with Gasteiger partial charge in [-0.15, -0.1) is 0 Å². The summed E-state index contributed by atoms with van der Waals surface area (Å²) in [5.41, 5.74) is 0. The van der Waals surface area contributed by atoms with E-state index in [2.05, 4.69) is 22.2 Å². The summed E-state index contributed by atoms with van der Waals surface area (Å²) in [6, 6.07) is 0. The molecule has 0 amide bonds. The van der Waals surface area contributed by atoms with E-state index in [1.807, 2.05) is 0 Å². The molecule has 2 aliphatic rings. The predicted molar refractivity (Wildman–Crippen MR) is 68.8 cm³/mol. The fourth-order valence-electron chi connectivity index (χ4n) is 2.33. The Bertz CT molecular complexity index is 186. The van der Waals surface area contributed by atoms with Gasteiger partial charge in [-0.3, -0.25) is 0 Å². The molecule has 16 heavy (non-hydrogen) atoms. The van der Waals surface area contributed by atoms with Crippen molar-refractivity contribution in [2.45, 2.75) is 25.7 Å². The van der Waals surface area contributed by atoms with Crippen LogP contribution in [0.2, 0.25) is 0 Å². The lowest BCUT2D eigenvalue weighted by molar-refractivity contribution is 0.257. The molecule has 0 atom stereocenters. The minimum atomic E-state index is 1.01. The van der Waals surface area contributed by atoms with E-state index in [-0.39, 0.29) is 0 Å². The Balaban J connectivity index is 1.42. The third-order valence-electron chi connectivity index (χ3n) is 3.80. The van der Waals surface area contributed by atoms with Crippen LogP contribution in [0, 0.1) is 5.92 Å². The molecule has 1 saturated heterocycles. The minimum Gasteiger partial charge on any atom is -0.315 e. The fraction of sp³-hybridized carbons (Fsp3) is 1.00. The monoisotopic (exact) mass is 225 g/mol. The maximum Gasteiger partial charge on any atom is 0.0109 e. The number of hydrogen-bond donors (Lipinski definition) is 1. The summed E-state index contributed by atoms with van der Waals surface area (Å²) in [5.74, 6) is 1.01. The van der Waals surface area contributed by atoms with Crippen molar-refractivity contribution < 1.29 is 0 Å². The van der Waals surface area contributed by atoms with Crippen LogP contribution in [0.5, 0.6) is 0 Å². The highest BCUT2D eigenvalue weighted by molar-refractivity contribution is 4.75. The van der Waals surface area contributed by atoms with E-state index >= 15 is 0 Å². The number of hydrogen-bond acceptors (Lipinski definition) is 3. The van der Waals surface area contributed by atoms with Crippen molar-refractivity contribution in [2.75, 3.05) is 52.9 Å². The molecule has 1 saturated carbocycles. The van der Waals surface area contributed by atoms with Gasteiger partial charge in [0.15, 0.2) is 0 Å². The zero-order valence-corrected chi connectivity index (χ0v) is 10.7. The lowest BCUT2D eigenvalue weighted by Crippen LogP contribution is -2.35. The molecule has 0 aromatic rings. The molecule has 0 bridgehead atoms. The van der Waals surface area contributed by atoms with Gasteiger partial charge in [-0.25, -0.2) is 0 Å². The first-order chi connectivity index (χ1) is 7.84. The number of likely N-dealkylation sites (N-methyl/N-ethyl adjacent to an activating group) is 1. The van der Waals surface area contributed by atoms with Crippen LogP contribution in [0.1, 0.15) is 25.7 Å². The molecule has 2 fully saturated rings. The van der Waals surface area contributed by atoms with Gasteiger partial charge in [0.2, 0.25) is 0 Å². The molecule has 1 N–H and O–H groups in total. The summed E-state index contributed by atoms with van der Waals surface area (Å²) in [5, 5.41) is 3.55. The van der Waals surface area contributed by atoms with Crippen LogP contribution in [0.15, 0.2) is 0 Å². The molecule has 0 unspecified atom stereocenters. The second kappa shape index (κ2) is 6.58. The lowest BCUT2D eigenvalue weighted by Gasteiger charge is -2.21. The summed E-state index contributed by atoms with van der Waals surface area (Å²) >= 11 is 0. The molecule has 3 nitrogen and oxygen atoms in total. The normalized spacial score (nSPS) is 22.1. The lowest BCUT2D eigenvalue weighted by atomic mass is 10.4. The van der Waals surface area contributed by atoms with Gasteiger partial charge in [0, 0.05) is 26.2 Å². The Kier molecular flexibility index (Phi) is 5.07. The molecule has 3 heteroatoms. The highest BCUT2D eigenvalue weighted by Gasteiger charge is 2.20. The maximum atomic E-state index is 3.55. The molecular weight excluding hydrogens is 198 g/mol. The molecular formula is C13H27N3. The highest BCUT2D eigenvalue weighted by atomic mass is 15.2. The van der Waals surface area contributed by atoms with E-state index < -0.39 is 0 Å². The van der Waals surface area contributed by atoms with Crippen molar-refractivity contribution in [1.29, 1.82) is 0 Å². The van der Waals surface area contributed by atoms with E-state index in [0.29, 0.717) is 0 Å². The zero-order chi connectivity index (χ0) is 11.2. The molecule has 0 spiro atoms. The number of likely N-dealkylation sites (tertiary alicyclic amines) is 1. The summed E-state index contributed by atoms with van der Waals surface area (Å²) in [7, 11) is 2.24. The Hall–Kier alpha value is -0.120. The molecule has 0 radical (unpaired) electrons. The number of rotatable bonds is 8. The van der Waals surface area contributed by atoms with Gasteiger partial charge >= 0.3 is 0 Å². The van der Waals surface area contributed by atoms with Crippen LogP contribution in [-0.4, -0.2) is 62.7 Å². The number of nitrogens with zero attached hydrogens (tertiary/aromatic N) is 2. The standard InChI is InChI=1S/C13H27N3/c1-15(9-6-14-12-13-4-5-13)10-11-16-7-2-3-8-16/h13-14H,2-12H2,1H3. The van der Waals surface area contributed by atoms with Crippen molar-refractivity contribution in [3.8, 4) is 0 Å². The quantitative estimate of drug-likeness (QED) is 0.622. The third-order valence-corrected chi connectivity index (χ3v) is 3.80. The smallest absolute Gasteiger partial charge is 0.0109 e. The van der Waals surface area contributed by atoms with Gasteiger partial charge in [0.1, 0.15) is 0 Å². The van der Waals surface area contributed by atoms with E-state index in [1.54, 1.807) is 0 Å². The SMILES string of the molecule is CN(CCNCC1CC1)CCN1CCCC1. The van der Waals surface area contributed by atoms with E-state index in [1.165, 1.54) is 65.0 Å². The Labute approximate surface area is 100 Å². The molecule has 1 heterocycles. The molecule has 0 aromatic carbocycles. The topological polar surface area (TPSA) is 18.5 Å². The summed E-state index contributed by atoms with van der Waals surface area (Å²) in [4.78, 5) is 5.05. The van der Waals surface area contributed by atoms with Gasteiger partial charge in [-0.1, -0.05) is 0 Å². The van der Waals surface area contributed by atoms with Gasteiger partial charge in [0.25, 0.3) is 0 Å². The van der Waals surface area contributed by atoms with Crippen LogP contribution >= 0.6 is 0 Å². The van der Waals surface area contributed by atoms with Crippen LogP contribution in [0.25, 0.3) is 0 Å². The molecule has 94 valence electrons. The van der Waals surface area contributed by atoms with Crippen molar-refractivity contribution in [3.05, 3.63) is 0 Å². The molecule has 2 rings (SSSR count). The Morgan fingerprint density at radius 2 is 1.94 bits per heavy atom. The fourth-order valence-corrected chi connectivity index (χ4v) is 2.33. The highest BCUT2D eigenvalue weighted by Crippen LogP contribution is 2.27. The first-order valence-electron chi connectivity index (χ1n) is 6.96. The molecule has 0 aromatic heterocycles.